The van der Waals surface area contributed by atoms with Gasteiger partial charge in [-0.15, -0.1) is 24.0 Å². The number of nitrogens with two attached hydrogens (primary N) is 1. The third-order valence-corrected chi connectivity index (χ3v) is 4.87. The lowest BCUT2D eigenvalue weighted by Crippen LogP contribution is -2.23. The summed E-state index contributed by atoms with van der Waals surface area (Å²) in [5.41, 5.74) is 7.20. The number of ether oxygens (including phenoxy) is 2. The summed E-state index contributed by atoms with van der Waals surface area (Å²) in [5.74, 6) is 1.76. The van der Waals surface area contributed by atoms with Crippen LogP contribution in [-0.4, -0.2) is 26.2 Å². The van der Waals surface area contributed by atoms with Gasteiger partial charge in [0.1, 0.15) is 0 Å². The summed E-state index contributed by atoms with van der Waals surface area (Å²) in [6.45, 7) is 8.85. The second-order valence-electron chi connectivity index (χ2n) is 6.56. The van der Waals surface area contributed by atoms with Crippen LogP contribution in [0.25, 0.3) is 0 Å². The van der Waals surface area contributed by atoms with E-state index in [1.807, 2.05) is 18.2 Å². The molecule has 0 aliphatic heterocycles. The van der Waals surface area contributed by atoms with Gasteiger partial charge in [0.25, 0.3) is 0 Å². The molecule has 124 valence electrons. The molecular weight excluding hydrogens is 393 g/mol. The van der Waals surface area contributed by atoms with Crippen LogP contribution in [0.4, 0.5) is 5.69 Å². The van der Waals surface area contributed by atoms with Gasteiger partial charge in [0.2, 0.25) is 0 Å². The molecule has 1 aliphatic carbocycles. The van der Waals surface area contributed by atoms with E-state index < -0.39 is 0 Å². The lowest BCUT2D eigenvalue weighted by Gasteiger charge is -2.11. The third-order valence-electron chi connectivity index (χ3n) is 4.87. The minimum absolute atomic E-state index is 0. The van der Waals surface area contributed by atoms with Crippen molar-refractivity contribution >= 4 is 35.6 Å². The molecule has 0 radical (unpaired) electrons. The lowest BCUT2D eigenvalue weighted by atomic mass is 10.0. The van der Waals surface area contributed by atoms with Crippen LogP contribution in [0.3, 0.4) is 0 Å². The van der Waals surface area contributed by atoms with Gasteiger partial charge in [-0.25, -0.2) is 4.99 Å². The maximum atomic E-state index is 6.02. The Balaban J connectivity index is 0.00000242. The van der Waals surface area contributed by atoms with Crippen molar-refractivity contribution in [3.05, 3.63) is 18.2 Å². The van der Waals surface area contributed by atoms with Crippen molar-refractivity contribution in [1.29, 1.82) is 0 Å². The number of methoxy groups -OCH3 is 2. The molecule has 3 N–H and O–H groups in total. The van der Waals surface area contributed by atoms with E-state index in [2.05, 4.69) is 38.0 Å². The van der Waals surface area contributed by atoms with Gasteiger partial charge in [0, 0.05) is 11.8 Å². The van der Waals surface area contributed by atoms with Crippen LogP contribution in [0.2, 0.25) is 0 Å². The molecule has 0 heterocycles. The average Bonchev–Trinajstić information content (AvgIpc) is 2.81. The van der Waals surface area contributed by atoms with Gasteiger partial charge in [-0.05, 0) is 23.0 Å². The zero-order chi connectivity index (χ0) is 15.8. The fourth-order valence-corrected chi connectivity index (χ4v) is 2.72. The van der Waals surface area contributed by atoms with E-state index in [0.29, 0.717) is 17.5 Å². The first kappa shape index (κ1) is 18.9. The average molecular weight is 419 g/mol. The molecule has 0 unspecified atom stereocenters. The SMILES string of the molecule is COc1ccc(NC(N)=NC2C(C)(C)C2(C)C)cc1OC.I. The highest BCUT2D eigenvalue weighted by Crippen LogP contribution is 2.64. The van der Waals surface area contributed by atoms with E-state index in [9.17, 15) is 0 Å². The number of nitrogens with zero attached hydrogens (tertiary/aromatic N) is 1. The van der Waals surface area contributed by atoms with Crippen LogP contribution < -0.4 is 20.5 Å². The zero-order valence-electron chi connectivity index (χ0n) is 14.1. The Kier molecular flexibility index (Phi) is 5.59. The molecule has 0 amide bonds. The summed E-state index contributed by atoms with van der Waals surface area (Å²) < 4.78 is 10.5. The van der Waals surface area contributed by atoms with E-state index in [4.69, 9.17) is 15.2 Å². The molecule has 1 aliphatic rings. The van der Waals surface area contributed by atoms with Crippen molar-refractivity contribution in [1.82, 2.24) is 0 Å². The molecule has 0 bridgehead atoms. The van der Waals surface area contributed by atoms with Gasteiger partial charge >= 0.3 is 0 Å². The molecule has 1 saturated carbocycles. The monoisotopic (exact) mass is 419 g/mol. The van der Waals surface area contributed by atoms with Crippen molar-refractivity contribution in [2.24, 2.45) is 21.6 Å². The number of hydrogen-bond donors (Lipinski definition) is 2. The molecule has 22 heavy (non-hydrogen) atoms. The van der Waals surface area contributed by atoms with Crippen LogP contribution in [0.1, 0.15) is 27.7 Å². The maximum absolute atomic E-state index is 6.02. The number of nitrogens with one attached hydrogen (secondary N) is 1. The van der Waals surface area contributed by atoms with Crippen molar-refractivity contribution in [2.45, 2.75) is 33.7 Å². The number of benzene rings is 1. The molecule has 0 spiro atoms. The molecule has 1 fully saturated rings. The summed E-state index contributed by atoms with van der Waals surface area (Å²) in [5, 5.41) is 3.11. The summed E-state index contributed by atoms with van der Waals surface area (Å²) in [6.07, 6.45) is 0. The summed E-state index contributed by atoms with van der Waals surface area (Å²) in [7, 11) is 3.21. The van der Waals surface area contributed by atoms with Crippen molar-refractivity contribution < 1.29 is 9.47 Å². The van der Waals surface area contributed by atoms with Crippen LogP contribution in [-0.2, 0) is 0 Å². The van der Waals surface area contributed by atoms with E-state index in [1.54, 1.807) is 14.2 Å². The number of halogens is 1. The Morgan fingerprint density at radius 1 is 1.09 bits per heavy atom. The van der Waals surface area contributed by atoms with E-state index in [0.717, 1.165) is 5.69 Å². The Labute approximate surface area is 149 Å². The summed E-state index contributed by atoms with van der Waals surface area (Å²) in [4.78, 5) is 4.60. The molecule has 1 aromatic rings. The largest absolute Gasteiger partial charge is 0.493 e. The van der Waals surface area contributed by atoms with E-state index in [1.165, 1.54) is 0 Å². The first-order valence-corrected chi connectivity index (χ1v) is 7.06. The Bertz CT molecular complexity index is 557. The lowest BCUT2D eigenvalue weighted by molar-refractivity contribution is 0.355. The van der Waals surface area contributed by atoms with E-state index in [-0.39, 0.29) is 40.8 Å². The number of rotatable bonds is 4. The highest BCUT2D eigenvalue weighted by molar-refractivity contribution is 14.0. The topological polar surface area (TPSA) is 68.9 Å². The van der Waals surface area contributed by atoms with Gasteiger partial charge in [0.05, 0.1) is 20.3 Å². The quantitative estimate of drug-likeness (QED) is 0.446. The molecule has 5 nitrogen and oxygen atoms in total. The van der Waals surface area contributed by atoms with Crippen LogP contribution in [0, 0.1) is 10.8 Å². The second kappa shape index (κ2) is 6.52. The van der Waals surface area contributed by atoms with Crippen LogP contribution in [0.5, 0.6) is 11.5 Å². The molecule has 2 rings (SSSR count). The van der Waals surface area contributed by atoms with Crippen LogP contribution >= 0.6 is 24.0 Å². The van der Waals surface area contributed by atoms with Crippen molar-refractivity contribution in [2.75, 3.05) is 19.5 Å². The maximum Gasteiger partial charge on any atom is 0.193 e. The first-order chi connectivity index (χ1) is 9.73. The van der Waals surface area contributed by atoms with E-state index >= 15 is 0 Å². The normalized spacial score (nSPS) is 19.1. The minimum atomic E-state index is 0. The van der Waals surface area contributed by atoms with Gasteiger partial charge in [0.15, 0.2) is 17.5 Å². The predicted molar refractivity (Wildman–Crippen MR) is 102 cm³/mol. The molecule has 0 aromatic heterocycles. The summed E-state index contributed by atoms with van der Waals surface area (Å²) >= 11 is 0. The van der Waals surface area contributed by atoms with Gasteiger partial charge < -0.3 is 20.5 Å². The van der Waals surface area contributed by atoms with Gasteiger partial charge in [-0.2, -0.15) is 0 Å². The molecule has 6 heteroatoms. The van der Waals surface area contributed by atoms with Gasteiger partial charge in [-0.3, -0.25) is 0 Å². The number of guanidine groups is 1. The zero-order valence-corrected chi connectivity index (χ0v) is 16.4. The number of anilines is 1. The molecule has 0 saturated heterocycles. The highest BCUT2D eigenvalue weighted by atomic mass is 127. The van der Waals surface area contributed by atoms with Crippen molar-refractivity contribution in [3.63, 3.8) is 0 Å². The fourth-order valence-electron chi connectivity index (χ4n) is 2.72. The number of aliphatic imine (C=N–C) groups is 1. The first-order valence-electron chi connectivity index (χ1n) is 7.06. The van der Waals surface area contributed by atoms with Gasteiger partial charge in [-0.1, -0.05) is 27.7 Å². The summed E-state index contributed by atoms with van der Waals surface area (Å²) in [6, 6.07) is 5.79. The van der Waals surface area contributed by atoms with Crippen LogP contribution in [0.15, 0.2) is 23.2 Å². The molecule has 0 atom stereocenters. The minimum Gasteiger partial charge on any atom is -0.493 e. The number of hydrogen-bond acceptors (Lipinski definition) is 3. The second-order valence-corrected chi connectivity index (χ2v) is 6.56. The Morgan fingerprint density at radius 2 is 1.64 bits per heavy atom. The smallest absolute Gasteiger partial charge is 0.193 e. The fraction of sp³-hybridized carbons (Fsp3) is 0.562. The molecular formula is C16H26IN3O2. The predicted octanol–water partition coefficient (Wildman–Crippen LogP) is 3.48. The Morgan fingerprint density at radius 3 is 2.09 bits per heavy atom. The Hall–Kier alpha value is -1.18. The highest BCUT2D eigenvalue weighted by Gasteiger charge is 2.65. The molecule has 1 aromatic carbocycles. The third kappa shape index (κ3) is 3.26. The standard InChI is InChI=1S/C16H25N3O2.HI/c1-15(2)13(16(15,3)4)19-14(17)18-10-7-8-11(20-5)12(9-10)21-6;/h7-9,13H,1-6H3,(H3,17,18,19);1H. The van der Waals surface area contributed by atoms with Crippen molar-refractivity contribution in [3.8, 4) is 11.5 Å².